The van der Waals surface area contributed by atoms with Crippen LogP contribution in [-0.2, 0) is 12.8 Å². The Hall–Kier alpha value is -1.70. The highest BCUT2D eigenvalue weighted by Gasteiger charge is 2.11. The van der Waals surface area contributed by atoms with Gasteiger partial charge in [0, 0.05) is 18.0 Å². The molecule has 0 fully saturated rings. The van der Waals surface area contributed by atoms with E-state index in [4.69, 9.17) is 0 Å². The number of aryl methyl sites for hydroxylation is 2. The molecule has 2 heteroatoms. The molecule has 74 valence electrons. The molecule has 1 aliphatic carbocycles. The molecule has 1 heterocycles. The first kappa shape index (κ1) is 8.60. The lowest BCUT2D eigenvalue weighted by molar-refractivity contribution is 0.912. The minimum atomic E-state index is 0.965. The van der Waals surface area contributed by atoms with Gasteiger partial charge in [-0.15, -0.1) is 0 Å². The van der Waals surface area contributed by atoms with Crippen molar-refractivity contribution in [3.8, 4) is 11.3 Å². The standard InChI is InChI=1S/C13H12N2/c1-2-10-4-5-12(8-11(10)3-1)13-9-14-6-7-15-13/h4-9H,1-3H2. The Kier molecular flexibility index (Phi) is 1.98. The second-order valence-electron chi connectivity index (χ2n) is 3.93. The molecule has 15 heavy (non-hydrogen) atoms. The van der Waals surface area contributed by atoms with Crippen molar-refractivity contribution in [2.45, 2.75) is 19.3 Å². The van der Waals surface area contributed by atoms with Crippen LogP contribution >= 0.6 is 0 Å². The second kappa shape index (κ2) is 3.46. The van der Waals surface area contributed by atoms with Crippen LogP contribution in [0, 0.1) is 0 Å². The molecule has 1 aromatic carbocycles. The van der Waals surface area contributed by atoms with Gasteiger partial charge in [-0.05, 0) is 36.5 Å². The van der Waals surface area contributed by atoms with Crippen LogP contribution in [0.5, 0.6) is 0 Å². The van der Waals surface area contributed by atoms with Gasteiger partial charge in [-0.25, -0.2) is 0 Å². The summed E-state index contributed by atoms with van der Waals surface area (Å²) >= 11 is 0. The normalized spacial score (nSPS) is 13.9. The van der Waals surface area contributed by atoms with E-state index in [2.05, 4.69) is 28.2 Å². The first-order valence-electron chi connectivity index (χ1n) is 5.32. The van der Waals surface area contributed by atoms with Crippen molar-refractivity contribution in [1.82, 2.24) is 9.97 Å². The summed E-state index contributed by atoms with van der Waals surface area (Å²) in [6.45, 7) is 0. The molecule has 0 saturated heterocycles. The average molecular weight is 196 g/mol. The third kappa shape index (κ3) is 1.52. The molecule has 3 rings (SSSR count). The lowest BCUT2D eigenvalue weighted by Crippen LogP contribution is -1.87. The Morgan fingerprint density at radius 3 is 2.80 bits per heavy atom. The smallest absolute Gasteiger partial charge is 0.0885 e. The Labute approximate surface area is 89.0 Å². The van der Waals surface area contributed by atoms with Crippen LogP contribution in [0.15, 0.2) is 36.8 Å². The van der Waals surface area contributed by atoms with Crippen molar-refractivity contribution in [3.05, 3.63) is 47.9 Å². The topological polar surface area (TPSA) is 25.8 Å². The zero-order valence-corrected chi connectivity index (χ0v) is 8.48. The van der Waals surface area contributed by atoms with Gasteiger partial charge in [0.25, 0.3) is 0 Å². The van der Waals surface area contributed by atoms with Crippen molar-refractivity contribution >= 4 is 0 Å². The quantitative estimate of drug-likeness (QED) is 0.700. The minimum absolute atomic E-state index is 0.965. The van der Waals surface area contributed by atoms with Gasteiger partial charge in [0.05, 0.1) is 11.9 Å². The maximum Gasteiger partial charge on any atom is 0.0885 e. The number of benzene rings is 1. The minimum Gasteiger partial charge on any atom is -0.261 e. The number of nitrogens with zero attached hydrogens (tertiary/aromatic N) is 2. The Bertz CT molecular complexity index is 477. The molecule has 2 aromatic rings. The largest absolute Gasteiger partial charge is 0.261 e. The van der Waals surface area contributed by atoms with E-state index in [1.54, 1.807) is 12.4 Å². The fourth-order valence-electron chi connectivity index (χ4n) is 2.18. The van der Waals surface area contributed by atoms with Gasteiger partial charge >= 0.3 is 0 Å². The molecule has 0 amide bonds. The first-order chi connectivity index (χ1) is 7.43. The van der Waals surface area contributed by atoms with Crippen LogP contribution in [0.1, 0.15) is 17.5 Å². The van der Waals surface area contributed by atoms with E-state index < -0.39 is 0 Å². The number of fused-ring (bicyclic) bond motifs is 1. The van der Waals surface area contributed by atoms with Gasteiger partial charge in [-0.1, -0.05) is 12.1 Å². The molecule has 2 nitrogen and oxygen atoms in total. The maximum atomic E-state index is 4.31. The fourth-order valence-corrected chi connectivity index (χ4v) is 2.18. The lowest BCUT2D eigenvalue weighted by Gasteiger charge is -2.03. The van der Waals surface area contributed by atoms with Crippen molar-refractivity contribution in [3.63, 3.8) is 0 Å². The number of hydrogen-bond acceptors (Lipinski definition) is 2. The highest BCUT2D eigenvalue weighted by atomic mass is 14.8. The Morgan fingerprint density at radius 2 is 1.93 bits per heavy atom. The van der Waals surface area contributed by atoms with Gasteiger partial charge in [-0.2, -0.15) is 0 Å². The zero-order valence-electron chi connectivity index (χ0n) is 8.48. The van der Waals surface area contributed by atoms with Crippen molar-refractivity contribution in [2.24, 2.45) is 0 Å². The van der Waals surface area contributed by atoms with E-state index in [1.807, 2.05) is 6.20 Å². The molecular weight excluding hydrogens is 184 g/mol. The zero-order chi connectivity index (χ0) is 10.1. The summed E-state index contributed by atoms with van der Waals surface area (Å²) in [5.41, 5.74) is 5.14. The highest BCUT2D eigenvalue weighted by molar-refractivity contribution is 5.60. The van der Waals surface area contributed by atoms with Crippen LogP contribution in [0.4, 0.5) is 0 Å². The van der Waals surface area contributed by atoms with Gasteiger partial charge in [0.1, 0.15) is 0 Å². The van der Waals surface area contributed by atoms with Gasteiger partial charge in [0.15, 0.2) is 0 Å². The molecule has 0 atom stereocenters. The SMILES string of the molecule is c1cnc(-c2ccc3c(c2)CCC3)cn1. The van der Waals surface area contributed by atoms with Crippen LogP contribution in [0.25, 0.3) is 11.3 Å². The molecule has 0 radical (unpaired) electrons. The summed E-state index contributed by atoms with van der Waals surface area (Å²) in [6, 6.07) is 6.63. The molecule has 0 aliphatic heterocycles. The van der Waals surface area contributed by atoms with Crippen molar-refractivity contribution in [1.29, 1.82) is 0 Å². The molecule has 1 aromatic heterocycles. The van der Waals surface area contributed by atoms with E-state index in [1.165, 1.54) is 36.0 Å². The summed E-state index contributed by atoms with van der Waals surface area (Å²) in [5.74, 6) is 0. The molecular formula is C13H12N2. The van der Waals surface area contributed by atoms with E-state index in [-0.39, 0.29) is 0 Å². The number of aromatic nitrogens is 2. The van der Waals surface area contributed by atoms with Crippen LogP contribution in [0.2, 0.25) is 0 Å². The monoisotopic (exact) mass is 196 g/mol. The molecule has 0 unspecified atom stereocenters. The summed E-state index contributed by atoms with van der Waals surface area (Å²) < 4.78 is 0. The summed E-state index contributed by atoms with van der Waals surface area (Å²) in [4.78, 5) is 8.40. The highest BCUT2D eigenvalue weighted by Crippen LogP contribution is 2.26. The van der Waals surface area contributed by atoms with Crippen molar-refractivity contribution in [2.75, 3.05) is 0 Å². The van der Waals surface area contributed by atoms with E-state index >= 15 is 0 Å². The van der Waals surface area contributed by atoms with Gasteiger partial charge in [-0.3, -0.25) is 9.97 Å². The summed E-state index contributed by atoms with van der Waals surface area (Å²) in [6.07, 6.45) is 8.99. The third-order valence-electron chi connectivity index (χ3n) is 2.96. The Morgan fingerprint density at radius 1 is 1.00 bits per heavy atom. The van der Waals surface area contributed by atoms with Crippen LogP contribution < -0.4 is 0 Å². The van der Waals surface area contributed by atoms with E-state index in [0.717, 1.165) is 5.69 Å². The van der Waals surface area contributed by atoms with Crippen LogP contribution in [0.3, 0.4) is 0 Å². The molecule has 0 spiro atoms. The van der Waals surface area contributed by atoms with Crippen LogP contribution in [-0.4, -0.2) is 9.97 Å². The van der Waals surface area contributed by atoms with Crippen molar-refractivity contribution < 1.29 is 0 Å². The van der Waals surface area contributed by atoms with E-state index in [9.17, 15) is 0 Å². The fraction of sp³-hybridized carbons (Fsp3) is 0.231. The summed E-state index contributed by atoms with van der Waals surface area (Å²) in [5, 5.41) is 0. The summed E-state index contributed by atoms with van der Waals surface area (Å²) in [7, 11) is 0. The molecule has 0 N–H and O–H groups in total. The molecule has 0 saturated carbocycles. The lowest BCUT2D eigenvalue weighted by atomic mass is 10.0. The predicted molar refractivity (Wildman–Crippen MR) is 59.5 cm³/mol. The average Bonchev–Trinajstić information content (AvgIpc) is 2.77. The van der Waals surface area contributed by atoms with Gasteiger partial charge < -0.3 is 0 Å². The molecule has 0 bridgehead atoms. The molecule has 1 aliphatic rings. The van der Waals surface area contributed by atoms with Gasteiger partial charge in [0.2, 0.25) is 0 Å². The number of rotatable bonds is 1. The number of hydrogen-bond donors (Lipinski definition) is 0. The third-order valence-corrected chi connectivity index (χ3v) is 2.96. The maximum absolute atomic E-state index is 4.31. The Balaban J connectivity index is 2.07. The first-order valence-corrected chi connectivity index (χ1v) is 5.32. The second-order valence-corrected chi connectivity index (χ2v) is 3.93. The van der Waals surface area contributed by atoms with E-state index in [0.29, 0.717) is 0 Å². The predicted octanol–water partition coefficient (Wildman–Crippen LogP) is 2.63.